The summed E-state index contributed by atoms with van der Waals surface area (Å²) in [6.07, 6.45) is 1.03. The lowest BCUT2D eigenvalue weighted by Gasteiger charge is -2.20. The number of rotatable bonds is 6. The zero-order chi connectivity index (χ0) is 12.9. The van der Waals surface area contributed by atoms with Crippen LogP contribution in [0.25, 0.3) is 0 Å². The minimum atomic E-state index is -1.47. The van der Waals surface area contributed by atoms with Crippen molar-refractivity contribution in [3.8, 4) is 0 Å². The van der Waals surface area contributed by atoms with E-state index in [0.29, 0.717) is 6.54 Å². The van der Waals surface area contributed by atoms with Gasteiger partial charge in [-0.3, -0.25) is 0 Å². The number of esters is 1. The van der Waals surface area contributed by atoms with Gasteiger partial charge in [0.05, 0.1) is 7.11 Å². The fourth-order valence-corrected chi connectivity index (χ4v) is 2.36. The molecule has 0 aromatic carbocycles. The highest BCUT2D eigenvalue weighted by molar-refractivity contribution is 7.11. The standard InChI is InChI=1S/C12H19NO3S/c1-4-9-5-6-10(17-9)7-13-8-12(2,15)11(14)16-3/h5-6,13,15H,4,7-8H2,1-3H3. The predicted octanol–water partition coefficient (Wildman–Crippen LogP) is 1.32. The van der Waals surface area contributed by atoms with E-state index < -0.39 is 11.6 Å². The number of carbonyl (C=O) groups is 1. The van der Waals surface area contributed by atoms with Gasteiger partial charge in [0, 0.05) is 22.8 Å². The molecule has 1 heterocycles. The maximum absolute atomic E-state index is 11.2. The van der Waals surface area contributed by atoms with Gasteiger partial charge < -0.3 is 15.2 Å². The Morgan fingerprint density at radius 2 is 2.18 bits per heavy atom. The maximum atomic E-state index is 11.2. The zero-order valence-corrected chi connectivity index (χ0v) is 11.3. The van der Waals surface area contributed by atoms with E-state index >= 15 is 0 Å². The van der Waals surface area contributed by atoms with E-state index in [0.717, 1.165) is 6.42 Å². The molecule has 2 N–H and O–H groups in total. The number of ether oxygens (including phenoxy) is 1. The Hall–Kier alpha value is -0.910. The second-order valence-corrected chi connectivity index (χ2v) is 5.34. The average Bonchev–Trinajstić information content (AvgIpc) is 2.75. The Labute approximate surface area is 106 Å². The molecule has 1 rings (SSSR count). The van der Waals surface area contributed by atoms with Crippen molar-refractivity contribution in [1.29, 1.82) is 0 Å². The van der Waals surface area contributed by atoms with Crippen LogP contribution in [0.5, 0.6) is 0 Å². The molecule has 1 aromatic heterocycles. The summed E-state index contributed by atoms with van der Waals surface area (Å²) in [5.41, 5.74) is -1.47. The van der Waals surface area contributed by atoms with E-state index in [4.69, 9.17) is 0 Å². The normalized spacial score (nSPS) is 14.4. The minimum absolute atomic E-state index is 0.180. The largest absolute Gasteiger partial charge is 0.467 e. The Morgan fingerprint density at radius 3 is 2.71 bits per heavy atom. The molecular weight excluding hydrogens is 238 g/mol. The van der Waals surface area contributed by atoms with Crippen LogP contribution >= 0.6 is 11.3 Å². The molecule has 0 saturated carbocycles. The van der Waals surface area contributed by atoms with Gasteiger partial charge in [-0.05, 0) is 25.5 Å². The molecule has 1 unspecified atom stereocenters. The molecule has 0 fully saturated rings. The van der Waals surface area contributed by atoms with E-state index in [1.165, 1.54) is 23.8 Å². The first kappa shape index (κ1) is 14.2. The summed E-state index contributed by atoms with van der Waals surface area (Å²) in [4.78, 5) is 13.7. The SMILES string of the molecule is CCc1ccc(CNCC(C)(O)C(=O)OC)s1. The molecule has 0 saturated heterocycles. The quantitative estimate of drug-likeness (QED) is 0.755. The lowest BCUT2D eigenvalue weighted by molar-refractivity contribution is -0.159. The Balaban J connectivity index is 2.39. The molecule has 1 atom stereocenters. The highest BCUT2D eigenvalue weighted by atomic mass is 32.1. The lowest BCUT2D eigenvalue weighted by Crippen LogP contribution is -2.45. The Bertz CT molecular complexity index is 374. The molecule has 17 heavy (non-hydrogen) atoms. The molecule has 0 amide bonds. The van der Waals surface area contributed by atoms with Crippen molar-refractivity contribution in [2.24, 2.45) is 0 Å². The first-order valence-corrected chi connectivity index (χ1v) is 6.40. The topological polar surface area (TPSA) is 58.6 Å². The third-order valence-corrected chi connectivity index (χ3v) is 3.69. The van der Waals surface area contributed by atoms with Gasteiger partial charge in [0.1, 0.15) is 0 Å². The first-order valence-electron chi connectivity index (χ1n) is 5.58. The molecule has 0 aliphatic heterocycles. The van der Waals surface area contributed by atoms with Crippen molar-refractivity contribution in [1.82, 2.24) is 5.32 Å². The highest BCUT2D eigenvalue weighted by Crippen LogP contribution is 2.16. The van der Waals surface area contributed by atoms with E-state index in [-0.39, 0.29) is 6.54 Å². The maximum Gasteiger partial charge on any atom is 0.338 e. The fourth-order valence-electron chi connectivity index (χ4n) is 1.43. The van der Waals surface area contributed by atoms with Gasteiger partial charge in [0.15, 0.2) is 5.60 Å². The summed E-state index contributed by atoms with van der Waals surface area (Å²) in [6, 6.07) is 4.16. The Morgan fingerprint density at radius 1 is 1.53 bits per heavy atom. The molecule has 96 valence electrons. The van der Waals surface area contributed by atoms with E-state index in [1.54, 1.807) is 11.3 Å². The van der Waals surface area contributed by atoms with Crippen LogP contribution in [0.4, 0.5) is 0 Å². The van der Waals surface area contributed by atoms with Crippen molar-refractivity contribution >= 4 is 17.3 Å². The van der Waals surface area contributed by atoms with Crippen molar-refractivity contribution in [2.45, 2.75) is 32.4 Å². The smallest absolute Gasteiger partial charge is 0.338 e. The summed E-state index contributed by atoms with van der Waals surface area (Å²) in [6.45, 7) is 4.39. The van der Waals surface area contributed by atoms with Gasteiger partial charge in [-0.1, -0.05) is 6.92 Å². The Kier molecular flexibility index (Phi) is 5.11. The number of carbonyl (C=O) groups excluding carboxylic acids is 1. The predicted molar refractivity (Wildman–Crippen MR) is 68.0 cm³/mol. The van der Waals surface area contributed by atoms with Crippen LogP contribution in [0, 0.1) is 0 Å². The second kappa shape index (κ2) is 6.14. The third-order valence-electron chi connectivity index (χ3n) is 2.46. The van der Waals surface area contributed by atoms with Crippen molar-refractivity contribution in [3.05, 3.63) is 21.9 Å². The number of thiophene rings is 1. The average molecular weight is 257 g/mol. The van der Waals surface area contributed by atoms with Crippen LogP contribution in [-0.4, -0.2) is 30.3 Å². The molecule has 5 heteroatoms. The number of hydrogen-bond acceptors (Lipinski definition) is 5. The summed E-state index contributed by atoms with van der Waals surface area (Å²) < 4.78 is 4.51. The zero-order valence-electron chi connectivity index (χ0n) is 10.4. The highest BCUT2D eigenvalue weighted by Gasteiger charge is 2.30. The van der Waals surface area contributed by atoms with Gasteiger partial charge in [-0.2, -0.15) is 0 Å². The number of hydrogen-bond donors (Lipinski definition) is 2. The van der Waals surface area contributed by atoms with Gasteiger partial charge in [0.25, 0.3) is 0 Å². The number of aliphatic hydroxyl groups is 1. The van der Waals surface area contributed by atoms with Crippen LogP contribution in [0.15, 0.2) is 12.1 Å². The van der Waals surface area contributed by atoms with Crippen molar-refractivity contribution < 1.29 is 14.6 Å². The molecule has 1 aromatic rings. The van der Waals surface area contributed by atoms with Crippen LogP contribution in [0.2, 0.25) is 0 Å². The molecule has 0 spiro atoms. The van der Waals surface area contributed by atoms with Crippen molar-refractivity contribution in [3.63, 3.8) is 0 Å². The van der Waals surface area contributed by atoms with E-state index in [2.05, 4.69) is 29.1 Å². The molecule has 0 bridgehead atoms. The monoisotopic (exact) mass is 257 g/mol. The van der Waals surface area contributed by atoms with E-state index in [9.17, 15) is 9.90 Å². The summed E-state index contributed by atoms with van der Waals surface area (Å²) in [5, 5.41) is 12.8. The second-order valence-electron chi connectivity index (χ2n) is 4.09. The van der Waals surface area contributed by atoms with Crippen molar-refractivity contribution in [2.75, 3.05) is 13.7 Å². The third kappa shape index (κ3) is 4.11. The molecular formula is C12H19NO3S. The molecule has 4 nitrogen and oxygen atoms in total. The lowest BCUT2D eigenvalue weighted by atomic mass is 10.1. The summed E-state index contributed by atoms with van der Waals surface area (Å²) in [7, 11) is 1.27. The number of nitrogens with one attached hydrogen (secondary N) is 1. The van der Waals surface area contributed by atoms with Gasteiger partial charge in [-0.15, -0.1) is 11.3 Å². The van der Waals surface area contributed by atoms with Crippen LogP contribution < -0.4 is 5.32 Å². The summed E-state index contributed by atoms with van der Waals surface area (Å²) >= 11 is 1.74. The minimum Gasteiger partial charge on any atom is -0.467 e. The van der Waals surface area contributed by atoms with Crippen LogP contribution in [0.3, 0.4) is 0 Å². The van der Waals surface area contributed by atoms with Crippen LogP contribution in [-0.2, 0) is 22.5 Å². The number of methoxy groups -OCH3 is 1. The number of aryl methyl sites for hydroxylation is 1. The van der Waals surface area contributed by atoms with Gasteiger partial charge >= 0.3 is 5.97 Å². The summed E-state index contributed by atoms with van der Waals surface area (Å²) in [5.74, 6) is -0.620. The van der Waals surface area contributed by atoms with Crippen LogP contribution in [0.1, 0.15) is 23.6 Å². The molecule has 0 radical (unpaired) electrons. The molecule has 0 aliphatic rings. The van der Waals surface area contributed by atoms with Gasteiger partial charge in [0.2, 0.25) is 0 Å². The fraction of sp³-hybridized carbons (Fsp3) is 0.583. The van der Waals surface area contributed by atoms with Gasteiger partial charge in [-0.25, -0.2) is 4.79 Å². The first-order chi connectivity index (χ1) is 7.99. The van der Waals surface area contributed by atoms with E-state index in [1.807, 2.05) is 0 Å². The molecule has 0 aliphatic carbocycles.